The van der Waals surface area contributed by atoms with Crippen LogP contribution in [0.2, 0.25) is 0 Å². The monoisotopic (exact) mass is 224 g/mol. The normalized spacial score (nSPS) is 9.75. The van der Waals surface area contributed by atoms with Crippen LogP contribution in [0.1, 0.15) is 18.4 Å². The summed E-state index contributed by atoms with van der Waals surface area (Å²) >= 11 is 3.52. The summed E-state index contributed by atoms with van der Waals surface area (Å²) < 4.78 is 1.22. The molecule has 0 fully saturated rings. The van der Waals surface area contributed by atoms with Gasteiger partial charge in [-0.25, -0.2) is 0 Å². The lowest BCUT2D eigenvalue weighted by Crippen LogP contribution is -1.85. The highest BCUT2D eigenvalue weighted by Crippen LogP contribution is 2.17. The Labute approximate surface area is 82.4 Å². The highest BCUT2D eigenvalue weighted by atomic mass is 79.9. The van der Waals surface area contributed by atoms with E-state index in [0.29, 0.717) is 0 Å². The maximum atomic E-state index is 3.70. The summed E-state index contributed by atoms with van der Waals surface area (Å²) in [5.74, 6) is 0. The van der Waals surface area contributed by atoms with Gasteiger partial charge in [0.1, 0.15) is 0 Å². The number of hydrogen-bond donors (Lipinski definition) is 0. The second kappa shape index (κ2) is 5.15. The molecule has 0 nitrogen and oxygen atoms in total. The van der Waals surface area contributed by atoms with Crippen molar-refractivity contribution in [1.82, 2.24) is 0 Å². The predicted molar refractivity (Wildman–Crippen MR) is 57.3 cm³/mol. The van der Waals surface area contributed by atoms with E-state index >= 15 is 0 Å². The molecule has 0 spiro atoms. The number of rotatable bonds is 4. The third-order valence-corrected chi connectivity index (χ3v) is 2.59. The summed E-state index contributed by atoms with van der Waals surface area (Å²) in [5.41, 5.74) is 1.39. The molecule has 1 heteroatoms. The zero-order valence-electron chi connectivity index (χ0n) is 7.09. The molecule has 1 aromatic carbocycles. The van der Waals surface area contributed by atoms with Crippen LogP contribution in [-0.2, 0) is 6.42 Å². The Hall–Kier alpha value is -0.560. The Morgan fingerprint density at radius 3 is 2.75 bits per heavy atom. The molecule has 64 valence electrons. The second-order valence-corrected chi connectivity index (χ2v) is 3.63. The number of hydrogen-bond acceptors (Lipinski definition) is 0. The van der Waals surface area contributed by atoms with Crippen molar-refractivity contribution >= 4 is 15.9 Å². The molecule has 0 heterocycles. The first kappa shape index (κ1) is 9.53. The minimum atomic E-state index is 1.10. The van der Waals surface area contributed by atoms with E-state index in [2.05, 4.69) is 40.7 Å². The lowest BCUT2D eigenvalue weighted by Gasteiger charge is -2.01. The molecule has 0 atom stereocenters. The Kier molecular flexibility index (Phi) is 4.09. The third-order valence-electron chi connectivity index (χ3n) is 1.81. The van der Waals surface area contributed by atoms with E-state index in [-0.39, 0.29) is 0 Å². The second-order valence-electron chi connectivity index (χ2n) is 2.77. The highest BCUT2D eigenvalue weighted by molar-refractivity contribution is 9.10. The van der Waals surface area contributed by atoms with Gasteiger partial charge in [-0.3, -0.25) is 0 Å². The Morgan fingerprint density at radius 2 is 2.08 bits per heavy atom. The van der Waals surface area contributed by atoms with Gasteiger partial charge in [-0.05, 0) is 30.9 Å². The molecule has 0 aliphatic rings. The molecular weight excluding hydrogens is 212 g/mol. The van der Waals surface area contributed by atoms with Gasteiger partial charge in [0, 0.05) is 4.47 Å². The molecule has 0 unspecified atom stereocenters. The van der Waals surface area contributed by atoms with Crippen LogP contribution in [0.25, 0.3) is 0 Å². The van der Waals surface area contributed by atoms with Gasteiger partial charge in [0.25, 0.3) is 0 Å². The van der Waals surface area contributed by atoms with Gasteiger partial charge in [-0.2, -0.15) is 0 Å². The fourth-order valence-corrected chi connectivity index (χ4v) is 1.62. The van der Waals surface area contributed by atoms with Crippen LogP contribution in [0, 0.1) is 0 Å². The topological polar surface area (TPSA) is 0 Å². The lowest BCUT2D eigenvalue weighted by molar-refractivity contribution is 0.841. The van der Waals surface area contributed by atoms with E-state index < -0.39 is 0 Å². The minimum absolute atomic E-state index is 1.10. The quantitative estimate of drug-likeness (QED) is 0.537. The maximum absolute atomic E-state index is 3.70. The van der Waals surface area contributed by atoms with E-state index in [1.54, 1.807) is 0 Å². The van der Waals surface area contributed by atoms with Crippen molar-refractivity contribution in [3.63, 3.8) is 0 Å². The molecule has 0 bridgehead atoms. The largest absolute Gasteiger partial charge is 0.103 e. The molecule has 0 aliphatic carbocycles. The van der Waals surface area contributed by atoms with Gasteiger partial charge in [-0.1, -0.05) is 40.2 Å². The van der Waals surface area contributed by atoms with Gasteiger partial charge in [0.05, 0.1) is 0 Å². The zero-order valence-corrected chi connectivity index (χ0v) is 8.68. The van der Waals surface area contributed by atoms with Crippen molar-refractivity contribution in [1.29, 1.82) is 0 Å². The molecule has 0 saturated carbocycles. The number of aryl methyl sites for hydroxylation is 1. The van der Waals surface area contributed by atoms with E-state index in [4.69, 9.17) is 0 Å². The fraction of sp³-hybridized carbons (Fsp3) is 0.273. The summed E-state index contributed by atoms with van der Waals surface area (Å²) in [4.78, 5) is 0. The van der Waals surface area contributed by atoms with Crippen LogP contribution >= 0.6 is 15.9 Å². The maximum Gasteiger partial charge on any atom is 0.0207 e. The van der Waals surface area contributed by atoms with Crippen molar-refractivity contribution in [3.05, 3.63) is 47.0 Å². The van der Waals surface area contributed by atoms with Crippen LogP contribution in [0.5, 0.6) is 0 Å². The van der Waals surface area contributed by atoms with Crippen molar-refractivity contribution in [3.8, 4) is 0 Å². The highest BCUT2D eigenvalue weighted by Gasteiger charge is 1.96. The first-order valence-electron chi connectivity index (χ1n) is 4.19. The van der Waals surface area contributed by atoms with Gasteiger partial charge < -0.3 is 0 Å². The summed E-state index contributed by atoms with van der Waals surface area (Å²) in [5, 5.41) is 0. The van der Waals surface area contributed by atoms with E-state index in [9.17, 15) is 0 Å². The first-order chi connectivity index (χ1) is 5.84. The third kappa shape index (κ3) is 2.82. The van der Waals surface area contributed by atoms with E-state index in [0.717, 1.165) is 12.8 Å². The zero-order chi connectivity index (χ0) is 8.81. The number of allylic oxidation sites excluding steroid dienone is 1. The summed E-state index contributed by atoms with van der Waals surface area (Å²) in [6.45, 7) is 3.70. The SMILES string of the molecule is C=CCCCc1ccccc1Br. The lowest BCUT2D eigenvalue weighted by atomic mass is 10.1. The molecule has 0 aliphatic heterocycles. The molecule has 0 aromatic heterocycles. The molecule has 0 radical (unpaired) electrons. The summed E-state index contributed by atoms with van der Waals surface area (Å²) in [7, 11) is 0. The van der Waals surface area contributed by atoms with Crippen molar-refractivity contribution in [2.24, 2.45) is 0 Å². The van der Waals surface area contributed by atoms with Crippen molar-refractivity contribution in [2.45, 2.75) is 19.3 Å². The smallest absolute Gasteiger partial charge is 0.0207 e. The van der Waals surface area contributed by atoms with Crippen LogP contribution in [0.4, 0.5) is 0 Å². The number of benzene rings is 1. The van der Waals surface area contributed by atoms with E-state index in [1.807, 2.05) is 12.1 Å². The Bertz CT molecular complexity index is 253. The van der Waals surface area contributed by atoms with Gasteiger partial charge in [-0.15, -0.1) is 6.58 Å². The van der Waals surface area contributed by atoms with Crippen LogP contribution < -0.4 is 0 Å². The van der Waals surface area contributed by atoms with Crippen molar-refractivity contribution in [2.75, 3.05) is 0 Å². The molecule has 1 rings (SSSR count). The fourth-order valence-electron chi connectivity index (χ4n) is 1.14. The summed E-state index contributed by atoms with van der Waals surface area (Å²) in [6, 6.07) is 8.37. The van der Waals surface area contributed by atoms with Crippen LogP contribution in [-0.4, -0.2) is 0 Å². The molecular formula is C11H13Br. The van der Waals surface area contributed by atoms with Crippen molar-refractivity contribution < 1.29 is 0 Å². The van der Waals surface area contributed by atoms with Gasteiger partial charge in [0.2, 0.25) is 0 Å². The Morgan fingerprint density at radius 1 is 1.33 bits per heavy atom. The molecule has 0 N–H and O–H groups in total. The van der Waals surface area contributed by atoms with Crippen LogP contribution in [0.15, 0.2) is 41.4 Å². The molecule has 0 amide bonds. The standard InChI is InChI=1S/C11H13Br/c1-2-3-4-7-10-8-5-6-9-11(10)12/h2,5-6,8-9H,1,3-4,7H2. The minimum Gasteiger partial charge on any atom is -0.103 e. The molecule has 0 saturated heterocycles. The molecule has 1 aromatic rings. The predicted octanol–water partition coefficient (Wildman–Crippen LogP) is 3.96. The first-order valence-corrected chi connectivity index (χ1v) is 4.98. The van der Waals surface area contributed by atoms with E-state index in [1.165, 1.54) is 16.5 Å². The average molecular weight is 225 g/mol. The van der Waals surface area contributed by atoms with Gasteiger partial charge in [0.15, 0.2) is 0 Å². The average Bonchev–Trinajstić information content (AvgIpc) is 2.09. The van der Waals surface area contributed by atoms with Gasteiger partial charge >= 0.3 is 0 Å². The number of unbranched alkanes of at least 4 members (excludes halogenated alkanes) is 1. The number of halogens is 1. The Balaban J connectivity index is 2.51. The summed E-state index contributed by atoms with van der Waals surface area (Å²) in [6.07, 6.45) is 5.39. The molecule has 12 heavy (non-hydrogen) atoms. The van der Waals surface area contributed by atoms with Crippen LogP contribution in [0.3, 0.4) is 0 Å².